The Balaban J connectivity index is 1.65. The van der Waals surface area contributed by atoms with E-state index in [1.54, 1.807) is 4.90 Å². The Morgan fingerprint density at radius 3 is 2.57 bits per heavy atom. The molecule has 124 valence electrons. The number of piperidine rings is 1. The number of rotatable bonds is 5. The number of hydrogen-bond donors (Lipinski definition) is 1. The average Bonchev–Trinajstić information content (AvgIpc) is 3.44. The summed E-state index contributed by atoms with van der Waals surface area (Å²) in [7, 11) is 0. The summed E-state index contributed by atoms with van der Waals surface area (Å²) in [6, 6.07) is 9.54. The van der Waals surface area contributed by atoms with Crippen LogP contribution in [0.2, 0.25) is 0 Å². The monoisotopic (exact) mass is 316 g/mol. The third-order valence-electron chi connectivity index (χ3n) is 4.69. The Hall–Kier alpha value is -1.88. The highest BCUT2D eigenvalue weighted by molar-refractivity contribution is 5.94. The number of carbonyl (C=O) groups excluding carboxylic acids is 2. The molecule has 1 aromatic rings. The molecule has 0 spiro atoms. The van der Waals surface area contributed by atoms with Crippen molar-refractivity contribution in [3.05, 3.63) is 35.9 Å². The minimum absolute atomic E-state index is 0.00161. The second kappa shape index (κ2) is 7.13. The van der Waals surface area contributed by atoms with Gasteiger partial charge in [0.15, 0.2) is 0 Å². The first-order chi connectivity index (χ1) is 11.2. The van der Waals surface area contributed by atoms with Gasteiger partial charge in [-0.05, 0) is 37.8 Å². The minimum Gasteiger partial charge on any atom is -0.395 e. The lowest BCUT2D eigenvalue weighted by atomic mass is 9.95. The van der Waals surface area contributed by atoms with Crippen molar-refractivity contribution >= 4 is 11.8 Å². The third kappa shape index (κ3) is 3.72. The molecule has 1 saturated carbocycles. The Bertz CT molecular complexity index is 557. The predicted octanol–water partition coefficient (Wildman–Crippen LogP) is 1.52. The van der Waals surface area contributed by atoms with E-state index >= 15 is 0 Å². The highest BCUT2D eigenvalue weighted by Gasteiger charge is 2.37. The van der Waals surface area contributed by atoms with Crippen LogP contribution in [-0.2, 0) is 4.79 Å². The van der Waals surface area contributed by atoms with Gasteiger partial charge in [0.05, 0.1) is 12.5 Å². The molecule has 23 heavy (non-hydrogen) atoms. The van der Waals surface area contributed by atoms with Crippen LogP contribution in [0.15, 0.2) is 30.3 Å². The molecular weight excluding hydrogens is 292 g/mol. The van der Waals surface area contributed by atoms with Crippen LogP contribution in [0, 0.1) is 5.92 Å². The Labute approximate surface area is 136 Å². The Morgan fingerprint density at radius 2 is 1.91 bits per heavy atom. The maximum atomic E-state index is 12.8. The highest BCUT2D eigenvalue weighted by atomic mass is 16.3. The number of nitrogens with zero attached hydrogens (tertiary/aromatic N) is 2. The van der Waals surface area contributed by atoms with E-state index in [2.05, 4.69) is 0 Å². The lowest BCUT2D eigenvalue weighted by molar-refractivity contribution is -0.138. The summed E-state index contributed by atoms with van der Waals surface area (Å²) in [5.41, 5.74) is 0.676. The predicted molar refractivity (Wildman–Crippen MR) is 86.9 cm³/mol. The van der Waals surface area contributed by atoms with Gasteiger partial charge in [0.2, 0.25) is 5.91 Å². The molecule has 1 N–H and O–H groups in total. The molecule has 0 radical (unpaired) electrons. The molecule has 1 aliphatic carbocycles. The Morgan fingerprint density at radius 1 is 1.17 bits per heavy atom. The summed E-state index contributed by atoms with van der Waals surface area (Å²) < 4.78 is 0. The van der Waals surface area contributed by atoms with Crippen LogP contribution < -0.4 is 0 Å². The number of hydrogen-bond acceptors (Lipinski definition) is 3. The lowest BCUT2D eigenvalue weighted by Crippen LogP contribution is -2.48. The molecule has 1 saturated heterocycles. The quantitative estimate of drug-likeness (QED) is 0.896. The summed E-state index contributed by atoms with van der Waals surface area (Å²) in [4.78, 5) is 28.9. The van der Waals surface area contributed by atoms with Crippen molar-refractivity contribution in [3.63, 3.8) is 0 Å². The molecule has 3 rings (SSSR count). The van der Waals surface area contributed by atoms with E-state index in [1.807, 2.05) is 35.2 Å². The van der Waals surface area contributed by atoms with Crippen LogP contribution in [0.1, 0.15) is 36.0 Å². The van der Waals surface area contributed by atoms with Crippen LogP contribution >= 0.6 is 0 Å². The van der Waals surface area contributed by atoms with E-state index in [0.29, 0.717) is 31.2 Å². The molecule has 1 heterocycles. The first-order valence-electron chi connectivity index (χ1n) is 8.46. The van der Waals surface area contributed by atoms with Crippen molar-refractivity contribution in [2.24, 2.45) is 5.92 Å². The first kappa shape index (κ1) is 16.0. The van der Waals surface area contributed by atoms with Crippen LogP contribution in [0.3, 0.4) is 0 Å². The molecule has 0 aromatic heterocycles. The fourth-order valence-electron chi connectivity index (χ4n) is 3.33. The normalized spacial score (nSPS) is 21.1. The van der Waals surface area contributed by atoms with Gasteiger partial charge < -0.3 is 14.9 Å². The summed E-state index contributed by atoms with van der Waals surface area (Å²) >= 11 is 0. The van der Waals surface area contributed by atoms with Crippen molar-refractivity contribution in [2.45, 2.75) is 31.7 Å². The molecule has 2 amide bonds. The van der Waals surface area contributed by atoms with Crippen molar-refractivity contribution in [2.75, 3.05) is 26.2 Å². The first-order valence-corrected chi connectivity index (χ1v) is 8.46. The molecular formula is C18H24N2O3. The van der Waals surface area contributed by atoms with Crippen molar-refractivity contribution in [1.82, 2.24) is 9.80 Å². The minimum atomic E-state index is -0.136. The second-order valence-electron chi connectivity index (χ2n) is 6.44. The average molecular weight is 316 g/mol. The van der Waals surface area contributed by atoms with Crippen LogP contribution in [0.25, 0.3) is 0 Å². The van der Waals surface area contributed by atoms with Gasteiger partial charge in [-0.3, -0.25) is 9.59 Å². The summed E-state index contributed by atoms with van der Waals surface area (Å²) in [6.07, 6.45) is 3.74. The van der Waals surface area contributed by atoms with Crippen molar-refractivity contribution in [1.29, 1.82) is 0 Å². The van der Waals surface area contributed by atoms with E-state index in [-0.39, 0.29) is 24.3 Å². The zero-order chi connectivity index (χ0) is 16.2. The third-order valence-corrected chi connectivity index (χ3v) is 4.69. The van der Waals surface area contributed by atoms with Crippen LogP contribution in [0.4, 0.5) is 0 Å². The molecule has 5 nitrogen and oxygen atoms in total. The van der Waals surface area contributed by atoms with Gasteiger partial charge in [-0.2, -0.15) is 0 Å². The van der Waals surface area contributed by atoms with Gasteiger partial charge in [-0.1, -0.05) is 18.2 Å². The van der Waals surface area contributed by atoms with Gasteiger partial charge in [-0.25, -0.2) is 0 Å². The topological polar surface area (TPSA) is 60.9 Å². The highest BCUT2D eigenvalue weighted by Crippen LogP contribution is 2.30. The SMILES string of the molecule is O=C(c1ccccc1)N1CCCC(C(=O)N(CCO)C2CC2)C1. The molecule has 1 aromatic carbocycles. The van der Waals surface area contributed by atoms with Gasteiger partial charge >= 0.3 is 0 Å². The van der Waals surface area contributed by atoms with Gasteiger partial charge in [0.1, 0.15) is 0 Å². The molecule has 1 atom stereocenters. The lowest BCUT2D eigenvalue weighted by Gasteiger charge is -2.35. The fraction of sp³-hybridized carbons (Fsp3) is 0.556. The maximum absolute atomic E-state index is 12.8. The summed E-state index contributed by atoms with van der Waals surface area (Å²) in [5, 5.41) is 9.19. The van der Waals surface area contributed by atoms with Crippen LogP contribution in [-0.4, -0.2) is 59.0 Å². The number of aliphatic hydroxyl groups is 1. The van der Waals surface area contributed by atoms with Gasteiger partial charge in [0, 0.05) is 31.2 Å². The molecule has 2 aliphatic rings. The second-order valence-corrected chi connectivity index (χ2v) is 6.44. The molecule has 0 bridgehead atoms. The smallest absolute Gasteiger partial charge is 0.253 e. The summed E-state index contributed by atoms with van der Waals surface area (Å²) in [6.45, 7) is 1.61. The van der Waals surface area contributed by atoms with E-state index < -0.39 is 0 Å². The molecule has 1 aliphatic heterocycles. The van der Waals surface area contributed by atoms with E-state index in [9.17, 15) is 14.7 Å². The van der Waals surface area contributed by atoms with E-state index in [4.69, 9.17) is 0 Å². The standard InChI is InChI=1S/C18H24N2O3/c21-12-11-20(16-8-9-16)18(23)15-7-4-10-19(13-15)17(22)14-5-2-1-3-6-14/h1-3,5-6,15-16,21H,4,7-13H2. The molecule has 5 heteroatoms. The summed E-state index contributed by atoms with van der Waals surface area (Å²) in [5.74, 6) is -0.0288. The zero-order valence-corrected chi connectivity index (χ0v) is 13.4. The largest absolute Gasteiger partial charge is 0.395 e. The van der Waals surface area contributed by atoms with Crippen molar-refractivity contribution < 1.29 is 14.7 Å². The Kier molecular flexibility index (Phi) is 4.96. The maximum Gasteiger partial charge on any atom is 0.253 e. The van der Waals surface area contributed by atoms with Crippen molar-refractivity contribution in [3.8, 4) is 0 Å². The number of likely N-dealkylation sites (tertiary alicyclic amines) is 1. The number of amides is 2. The van der Waals surface area contributed by atoms with E-state index in [1.165, 1.54) is 0 Å². The van der Waals surface area contributed by atoms with Crippen LogP contribution in [0.5, 0.6) is 0 Å². The van der Waals surface area contributed by atoms with E-state index in [0.717, 1.165) is 25.7 Å². The number of aliphatic hydroxyl groups excluding tert-OH is 1. The van der Waals surface area contributed by atoms with Gasteiger partial charge in [0.25, 0.3) is 5.91 Å². The number of carbonyl (C=O) groups is 2. The molecule has 2 fully saturated rings. The molecule has 1 unspecified atom stereocenters. The van der Waals surface area contributed by atoms with Gasteiger partial charge in [-0.15, -0.1) is 0 Å². The zero-order valence-electron chi connectivity index (χ0n) is 13.4. The fourth-order valence-corrected chi connectivity index (χ4v) is 3.33. The number of benzene rings is 1.